The lowest BCUT2D eigenvalue weighted by atomic mass is 9.93. The maximum Gasteiger partial charge on any atom is 0.124 e. The van der Waals surface area contributed by atoms with Gasteiger partial charge in [0.1, 0.15) is 11.9 Å². The normalized spacial score (nSPS) is 21.8. The molecular formula is C17H27NO. The van der Waals surface area contributed by atoms with E-state index in [2.05, 4.69) is 32.0 Å². The number of fused-ring (bicyclic) bond motifs is 1. The first-order valence-corrected chi connectivity index (χ1v) is 7.73. The lowest BCUT2D eigenvalue weighted by molar-refractivity contribution is 0.146. The molecule has 2 nitrogen and oxygen atoms in total. The predicted molar refractivity (Wildman–Crippen MR) is 80.5 cm³/mol. The van der Waals surface area contributed by atoms with Crippen molar-refractivity contribution in [3.63, 3.8) is 0 Å². The van der Waals surface area contributed by atoms with Gasteiger partial charge in [0.15, 0.2) is 0 Å². The minimum Gasteiger partial charge on any atom is -0.490 e. The third-order valence-electron chi connectivity index (χ3n) is 4.00. The van der Waals surface area contributed by atoms with Crippen molar-refractivity contribution in [3.05, 3.63) is 29.3 Å². The fourth-order valence-electron chi connectivity index (χ4n) is 2.86. The molecule has 1 aliphatic rings. The van der Waals surface area contributed by atoms with E-state index >= 15 is 0 Å². The maximum absolute atomic E-state index is 6.28. The molecule has 0 bridgehead atoms. The molecule has 2 rings (SSSR count). The highest BCUT2D eigenvalue weighted by Crippen LogP contribution is 2.35. The van der Waals surface area contributed by atoms with Crippen molar-refractivity contribution in [1.29, 1.82) is 0 Å². The Hall–Kier alpha value is -1.02. The molecule has 2 heteroatoms. The van der Waals surface area contributed by atoms with E-state index in [0.29, 0.717) is 6.10 Å². The van der Waals surface area contributed by atoms with E-state index in [-0.39, 0.29) is 6.04 Å². The highest BCUT2D eigenvalue weighted by molar-refractivity contribution is 5.40. The predicted octanol–water partition coefficient (Wildman–Crippen LogP) is 4.51. The molecule has 1 aliphatic heterocycles. The topological polar surface area (TPSA) is 35.2 Å². The molecule has 0 radical (unpaired) electrons. The van der Waals surface area contributed by atoms with Crippen molar-refractivity contribution in [3.8, 4) is 5.75 Å². The van der Waals surface area contributed by atoms with Gasteiger partial charge >= 0.3 is 0 Å². The Balaban J connectivity index is 1.85. The first kappa shape index (κ1) is 14.4. The third-order valence-corrected chi connectivity index (χ3v) is 4.00. The molecule has 0 spiro atoms. The summed E-state index contributed by atoms with van der Waals surface area (Å²) in [4.78, 5) is 0. The van der Waals surface area contributed by atoms with Crippen LogP contribution in [-0.2, 0) is 0 Å². The van der Waals surface area contributed by atoms with Gasteiger partial charge in [-0.1, -0.05) is 50.3 Å². The molecule has 0 aromatic heterocycles. The first-order chi connectivity index (χ1) is 9.20. The molecule has 106 valence electrons. The molecule has 19 heavy (non-hydrogen) atoms. The minimum atomic E-state index is 0.143. The monoisotopic (exact) mass is 261 g/mol. The van der Waals surface area contributed by atoms with Crippen LogP contribution < -0.4 is 10.5 Å². The van der Waals surface area contributed by atoms with Gasteiger partial charge in [0.25, 0.3) is 0 Å². The summed E-state index contributed by atoms with van der Waals surface area (Å²) in [6.45, 7) is 4.36. The fraction of sp³-hybridized carbons (Fsp3) is 0.647. The van der Waals surface area contributed by atoms with E-state index in [9.17, 15) is 0 Å². The molecule has 2 N–H and O–H groups in total. The molecule has 2 atom stereocenters. The average molecular weight is 261 g/mol. The molecule has 0 saturated heterocycles. The van der Waals surface area contributed by atoms with Crippen LogP contribution in [0, 0.1) is 6.92 Å². The summed E-state index contributed by atoms with van der Waals surface area (Å²) in [5, 5.41) is 0. The molecule has 1 aromatic carbocycles. The van der Waals surface area contributed by atoms with E-state index in [1.807, 2.05) is 0 Å². The van der Waals surface area contributed by atoms with Crippen LogP contribution in [0.15, 0.2) is 18.2 Å². The van der Waals surface area contributed by atoms with Gasteiger partial charge < -0.3 is 10.5 Å². The molecular weight excluding hydrogens is 234 g/mol. The lowest BCUT2D eigenvalue weighted by Crippen LogP contribution is -2.29. The summed E-state index contributed by atoms with van der Waals surface area (Å²) in [6.07, 6.45) is 9.01. The standard InChI is InChI=1S/C17H27NO/c1-3-4-5-6-7-8-14-12-16(18)15-11-13(2)9-10-17(15)19-14/h9-11,14,16H,3-8,12,18H2,1-2H3/t14?,16-/m0/s1. The number of benzene rings is 1. The smallest absolute Gasteiger partial charge is 0.124 e. The Kier molecular flexibility index (Phi) is 5.26. The fourth-order valence-corrected chi connectivity index (χ4v) is 2.86. The molecule has 1 heterocycles. The van der Waals surface area contributed by atoms with Crippen molar-refractivity contribution in [2.45, 2.75) is 70.9 Å². The van der Waals surface area contributed by atoms with Gasteiger partial charge in [0.05, 0.1) is 0 Å². The van der Waals surface area contributed by atoms with E-state index in [1.54, 1.807) is 0 Å². The highest BCUT2D eigenvalue weighted by Gasteiger charge is 2.25. The summed E-state index contributed by atoms with van der Waals surface area (Å²) in [6, 6.07) is 6.49. The third kappa shape index (κ3) is 3.97. The summed E-state index contributed by atoms with van der Waals surface area (Å²) in [7, 11) is 0. The molecule has 1 aromatic rings. The molecule has 0 amide bonds. The van der Waals surface area contributed by atoms with Crippen molar-refractivity contribution in [2.75, 3.05) is 0 Å². The molecule has 0 aliphatic carbocycles. The van der Waals surface area contributed by atoms with Crippen molar-refractivity contribution >= 4 is 0 Å². The van der Waals surface area contributed by atoms with Gasteiger partial charge in [0.2, 0.25) is 0 Å². The van der Waals surface area contributed by atoms with Crippen molar-refractivity contribution in [1.82, 2.24) is 0 Å². The second kappa shape index (κ2) is 6.95. The summed E-state index contributed by atoms with van der Waals surface area (Å²) in [5.74, 6) is 1.00. The van der Waals surface area contributed by atoms with Crippen LogP contribution in [-0.4, -0.2) is 6.10 Å². The van der Waals surface area contributed by atoms with Gasteiger partial charge in [-0.3, -0.25) is 0 Å². The Morgan fingerprint density at radius 2 is 2.00 bits per heavy atom. The Bertz CT molecular complexity index is 402. The number of nitrogens with two attached hydrogens (primary N) is 1. The van der Waals surface area contributed by atoms with Gasteiger partial charge in [-0.15, -0.1) is 0 Å². The number of hydrogen-bond donors (Lipinski definition) is 1. The molecule has 0 fully saturated rings. The SMILES string of the molecule is CCCCCCCC1C[C@H](N)c2cc(C)ccc2O1. The number of rotatable bonds is 6. The van der Waals surface area contributed by atoms with E-state index < -0.39 is 0 Å². The van der Waals surface area contributed by atoms with Crippen LogP contribution in [0.25, 0.3) is 0 Å². The van der Waals surface area contributed by atoms with Crippen LogP contribution in [0.5, 0.6) is 5.75 Å². The zero-order valence-electron chi connectivity index (χ0n) is 12.3. The minimum absolute atomic E-state index is 0.143. The number of hydrogen-bond acceptors (Lipinski definition) is 2. The van der Waals surface area contributed by atoms with E-state index in [1.165, 1.54) is 43.2 Å². The van der Waals surface area contributed by atoms with Gasteiger partial charge in [-0.2, -0.15) is 0 Å². The van der Waals surface area contributed by atoms with Crippen molar-refractivity contribution in [2.24, 2.45) is 5.73 Å². The summed E-state index contributed by atoms with van der Waals surface area (Å²) in [5.41, 5.74) is 8.72. The maximum atomic E-state index is 6.28. The van der Waals surface area contributed by atoms with Crippen LogP contribution >= 0.6 is 0 Å². The largest absolute Gasteiger partial charge is 0.490 e. The number of aryl methyl sites for hydroxylation is 1. The van der Waals surface area contributed by atoms with E-state index in [4.69, 9.17) is 10.5 Å². The number of unbranched alkanes of at least 4 members (excludes halogenated alkanes) is 4. The lowest BCUT2D eigenvalue weighted by Gasteiger charge is -2.30. The van der Waals surface area contributed by atoms with Crippen molar-refractivity contribution < 1.29 is 4.74 Å². The average Bonchev–Trinajstić information content (AvgIpc) is 2.39. The Morgan fingerprint density at radius 3 is 2.79 bits per heavy atom. The van der Waals surface area contributed by atoms with Gasteiger partial charge in [-0.05, 0) is 25.8 Å². The van der Waals surface area contributed by atoms with Crippen LogP contribution in [0.4, 0.5) is 0 Å². The van der Waals surface area contributed by atoms with Gasteiger partial charge in [-0.25, -0.2) is 0 Å². The Labute approximate surface area is 117 Å². The zero-order valence-corrected chi connectivity index (χ0v) is 12.3. The van der Waals surface area contributed by atoms with Gasteiger partial charge in [0, 0.05) is 18.0 Å². The second-order valence-corrected chi connectivity index (χ2v) is 5.83. The first-order valence-electron chi connectivity index (χ1n) is 7.73. The van der Waals surface area contributed by atoms with Crippen LogP contribution in [0.3, 0.4) is 0 Å². The molecule has 0 saturated carbocycles. The summed E-state index contributed by atoms with van der Waals surface area (Å²) >= 11 is 0. The second-order valence-electron chi connectivity index (χ2n) is 5.83. The number of ether oxygens (including phenoxy) is 1. The zero-order chi connectivity index (χ0) is 13.7. The quantitative estimate of drug-likeness (QED) is 0.765. The van der Waals surface area contributed by atoms with Crippen LogP contribution in [0.1, 0.15) is 69.0 Å². The van der Waals surface area contributed by atoms with Crippen LogP contribution in [0.2, 0.25) is 0 Å². The van der Waals surface area contributed by atoms with E-state index in [0.717, 1.165) is 18.6 Å². The highest BCUT2D eigenvalue weighted by atomic mass is 16.5. The molecule has 1 unspecified atom stereocenters. The summed E-state index contributed by atoms with van der Waals surface area (Å²) < 4.78 is 6.08. The Morgan fingerprint density at radius 1 is 1.21 bits per heavy atom.